The Kier molecular flexibility index (Phi) is 4.58. The van der Waals surface area contributed by atoms with Crippen LogP contribution in [0, 0.1) is 6.92 Å². The van der Waals surface area contributed by atoms with Crippen LogP contribution in [0.4, 0.5) is 8.78 Å². The Morgan fingerprint density at radius 2 is 2.07 bits per heavy atom. The number of rotatable bonds is 5. The van der Waals surface area contributed by atoms with E-state index in [0.717, 1.165) is 0 Å². The van der Waals surface area contributed by atoms with Crippen molar-refractivity contribution >= 4 is 17.0 Å². The molecular weight excluding hydrogens is 372 g/mol. The number of ether oxygens (including phenoxy) is 3. The van der Waals surface area contributed by atoms with E-state index >= 15 is 0 Å². The number of benzene rings is 1. The summed E-state index contributed by atoms with van der Waals surface area (Å²) in [6, 6.07) is 6.45. The number of hydrogen-bond acceptors (Lipinski definition) is 6. The minimum atomic E-state index is -2.72. The second-order valence-corrected chi connectivity index (χ2v) is 6.21. The molecule has 0 radical (unpaired) electrons. The van der Waals surface area contributed by atoms with E-state index in [9.17, 15) is 13.6 Å². The Balaban J connectivity index is 1.87. The lowest BCUT2D eigenvalue weighted by molar-refractivity contribution is -0.143. The fourth-order valence-corrected chi connectivity index (χ4v) is 3.20. The molecule has 3 heterocycles. The average molecular weight is 389 g/mol. The summed E-state index contributed by atoms with van der Waals surface area (Å²) < 4.78 is 44.4. The number of aryl methyl sites for hydroxylation is 1. The van der Waals surface area contributed by atoms with Gasteiger partial charge in [0.1, 0.15) is 6.54 Å². The second kappa shape index (κ2) is 7.06. The first-order valence-corrected chi connectivity index (χ1v) is 8.69. The number of fused-ring (bicyclic) bond motifs is 2. The zero-order chi connectivity index (χ0) is 19.8. The fourth-order valence-electron chi connectivity index (χ4n) is 3.20. The van der Waals surface area contributed by atoms with Crippen LogP contribution >= 0.6 is 0 Å². The summed E-state index contributed by atoms with van der Waals surface area (Å²) in [5, 5.41) is 4.46. The summed E-state index contributed by atoms with van der Waals surface area (Å²) in [7, 11) is 0. The molecule has 1 aliphatic rings. The van der Waals surface area contributed by atoms with Crippen molar-refractivity contribution in [2.24, 2.45) is 0 Å². The van der Waals surface area contributed by atoms with Gasteiger partial charge in [0, 0.05) is 11.1 Å². The summed E-state index contributed by atoms with van der Waals surface area (Å²) in [5.41, 5.74) is 1.31. The SMILES string of the molecule is CCOC(=O)Cn1nc(C)c2c(C(F)F)cc(-c3ccc4c(c3)OCO4)nc21. The molecule has 2 aromatic heterocycles. The van der Waals surface area contributed by atoms with Crippen molar-refractivity contribution in [3.8, 4) is 22.8 Å². The highest BCUT2D eigenvalue weighted by molar-refractivity contribution is 5.86. The van der Waals surface area contributed by atoms with Crippen LogP contribution in [0.15, 0.2) is 24.3 Å². The Morgan fingerprint density at radius 1 is 1.29 bits per heavy atom. The molecule has 0 saturated carbocycles. The normalized spacial score (nSPS) is 12.8. The Bertz CT molecular complexity index is 1070. The first-order chi connectivity index (χ1) is 13.5. The average Bonchev–Trinajstić information content (AvgIpc) is 3.25. The van der Waals surface area contributed by atoms with Gasteiger partial charge < -0.3 is 14.2 Å². The Labute approximate surface area is 158 Å². The van der Waals surface area contributed by atoms with Gasteiger partial charge in [-0.1, -0.05) is 0 Å². The summed E-state index contributed by atoms with van der Waals surface area (Å²) in [5.74, 6) is 0.595. The number of carbonyl (C=O) groups excluding carboxylic acids is 1. The third-order valence-electron chi connectivity index (χ3n) is 4.40. The molecule has 0 fully saturated rings. The maximum Gasteiger partial charge on any atom is 0.327 e. The molecule has 0 amide bonds. The standard InChI is InChI=1S/C19H17F2N3O4/c1-3-26-16(25)8-24-19-17(10(2)23-24)12(18(20)21)7-13(22-19)11-4-5-14-15(6-11)28-9-27-14/h4-7,18H,3,8-9H2,1-2H3. The summed E-state index contributed by atoms with van der Waals surface area (Å²) >= 11 is 0. The maximum absolute atomic E-state index is 13.8. The lowest BCUT2D eigenvalue weighted by Gasteiger charge is -2.09. The number of pyridine rings is 1. The molecule has 1 aromatic carbocycles. The number of aromatic nitrogens is 3. The maximum atomic E-state index is 13.8. The summed E-state index contributed by atoms with van der Waals surface area (Å²) in [6.45, 7) is 3.42. The number of nitrogens with zero attached hydrogens (tertiary/aromatic N) is 3. The van der Waals surface area contributed by atoms with E-state index in [4.69, 9.17) is 14.2 Å². The van der Waals surface area contributed by atoms with Crippen LogP contribution in [0.1, 0.15) is 24.6 Å². The molecule has 0 saturated heterocycles. The zero-order valence-corrected chi connectivity index (χ0v) is 15.2. The number of hydrogen-bond donors (Lipinski definition) is 0. The van der Waals surface area contributed by atoms with Gasteiger partial charge >= 0.3 is 5.97 Å². The monoisotopic (exact) mass is 389 g/mol. The Morgan fingerprint density at radius 3 is 2.82 bits per heavy atom. The number of alkyl halides is 2. The highest BCUT2D eigenvalue weighted by Gasteiger charge is 2.23. The molecule has 0 atom stereocenters. The summed E-state index contributed by atoms with van der Waals surface area (Å²) in [6.07, 6.45) is -2.72. The molecule has 4 rings (SSSR count). The predicted molar refractivity (Wildman–Crippen MR) is 95.4 cm³/mol. The quantitative estimate of drug-likeness (QED) is 0.621. The van der Waals surface area contributed by atoms with Crippen molar-refractivity contribution in [2.45, 2.75) is 26.8 Å². The highest BCUT2D eigenvalue weighted by atomic mass is 19.3. The van der Waals surface area contributed by atoms with Crippen LogP contribution in [0.3, 0.4) is 0 Å². The minimum Gasteiger partial charge on any atom is -0.465 e. The molecule has 0 aliphatic carbocycles. The van der Waals surface area contributed by atoms with Crippen molar-refractivity contribution in [1.82, 2.24) is 14.8 Å². The van der Waals surface area contributed by atoms with Crippen molar-refractivity contribution in [3.05, 3.63) is 35.5 Å². The van der Waals surface area contributed by atoms with Crippen molar-refractivity contribution < 1.29 is 27.8 Å². The minimum absolute atomic E-state index is 0.110. The smallest absolute Gasteiger partial charge is 0.327 e. The molecule has 7 nitrogen and oxygen atoms in total. The van der Waals surface area contributed by atoms with Crippen LogP contribution in [-0.4, -0.2) is 34.1 Å². The van der Waals surface area contributed by atoms with Crippen LogP contribution < -0.4 is 9.47 Å². The van der Waals surface area contributed by atoms with Crippen LogP contribution in [0.5, 0.6) is 11.5 Å². The lowest BCUT2D eigenvalue weighted by atomic mass is 10.1. The first-order valence-electron chi connectivity index (χ1n) is 8.69. The fraction of sp³-hybridized carbons (Fsp3) is 0.316. The van der Waals surface area contributed by atoms with Crippen molar-refractivity contribution in [2.75, 3.05) is 13.4 Å². The van der Waals surface area contributed by atoms with Crippen LogP contribution in [-0.2, 0) is 16.1 Å². The topological polar surface area (TPSA) is 75.5 Å². The van der Waals surface area contributed by atoms with Crippen LogP contribution in [0.25, 0.3) is 22.3 Å². The first kappa shape index (κ1) is 18.1. The molecule has 1 aliphatic heterocycles. The molecule has 28 heavy (non-hydrogen) atoms. The van der Waals surface area contributed by atoms with E-state index in [0.29, 0.717) is 28.5 Å². The van der Waals surface area contributed by atoms with E-state index in [1.54, 1.807) is 32.0 Å². The van der Waals surface area contributed by atoms with Gasteiger partial charge in [0.25, 0.3) is 6.43 Å². The Hall–Kier alpha value is -3.23. The lowest BCUT2D eigenvalue weighted by Crippen LogP contribution is -2.15. The van der Waals surface area contributed by atoms with Crippen molar-refractivity contribution in [1.29, 1.82) is 0 Å². The summed E-state index contributed by atoms with van der Waals surface area (Å²) in [4.78, 5) is 16.4. The van der Waals surface area contributed by atoms with Gasteiger partial charge in [0.2, 0.25) is 6.79 Å². The molecular formula is C19H17F2N3O4. The van der Waals surface area contributed by atoms with Crippen LogP contribution in [0.2, 0.25) is 0 Å². The van der Waals surface area contributed by atoms with Gasteiger partial charge in [-0.2, -0.15) is 5.10 Å². The molecule has 0 bridgehead atoms. The van der Waals surface area contributed by atoms with E-state index in [1.165, 1.54) is 10.7 Å². The molecule has 3 aromatic rings. The van der Waals surface area contributed by atoms with Gasteiger partial charge in [-0.3, -0.25) is 4.79 Å². The predicted octanol–water partition coefficient (Wildman–Crippen LogP) is 3.64. The van der Waals surface area contributed by atoms with E-state index in [-0.39, 0.29) is 36.5 Å². The van der Waals surface area contributed by atoms with Gasteiger partial charge in [0.15, 0.2) is 17.1 Å². The third-order valence-corrected chi connectivity index (χ3v) is 4.40. The van der Waals surface area contributed by atoms with E-state index < -0.39 is 12.4 Å². The molecule has 0 N–H and O–H groups in total. The third kappa shape index (κ3) is 3.12. The van der Waals surface area contributed by atoms with Gasteiger partial charge in [0.05, 0.1) is 23.4 Å². The van der Waals surface area contributed by atoms with Gasteiger partial charge in [-0.05, 0) is 38.1 Å². The van der Waals surface area contributed by atoms with Gasteiger partial charge in [-0.15, -0.1) is 0 Å². The zero-order valence-electron chi connectivity index (χ0n) is 15.2. The van der Waals surface area contributed by atoms with Crippen molar-refractivity contribution in [3.63, 3.8) is 0 Å². The number of halogens is 2. The molecule has 0 spiro atoms. The van der Waals surface area contributed by atoms with E-state index in [2.05, 4.69) is 10.1 Å². The molecule has 9 heteroatoms. The number of carbonyl (C=O) groups is 1. The molecule has 0 unspecified atom stereocenters. The molecule has 146 valence electrons. The second-order valence-electron chi connectivity index (χ2n) is 6.21. The number of esters is 1. The van der Waals surface area contributed by atoms with Gasteiger partial charge in [-0.25, -0.2) is 18.4 Å². The largest absolute Gasteiger partial charge is 0.465 e. The van der Waals surface area contributed by atoms with E-state index in [1.807, 2.05) is 0 Å². The highest BCUT2D eigenvalue weighted by Crippen LogP contribution is 2.38.